The van der Waals surface area contributed by atoms with Gasteiger partial charge in [-0.1, -0.05) is 26.8 Å². The lowest BCUT2D eigenvalue weighted by Crippen LogP contribution is -2.49. The van der Waals surface area contributed by atoms with Crippen molar-refractivity contribution in [3.63, 3.8) is 0 Å². The van der Waals surface area contributed by atoms with Crippen LogP contribution in [-0.4, -0.2) is 42.6 Å². The van der Waals surface area contributed by atoms with E-state index in [-0.39, 0.29) is 18.4 Å². The highest BCUT2D eigenvalue weighted by atomic mass is 19.4. The van der Waals surface area contributed by atoms with E-state index in [9.17, 15) is 18.0 Å². The van der Waals surface area contributed by atoms with Crippen molar-refractivity contribution < 1.29 is 22.7 Å². The number of ether oxygens (including phenoxy) is 1. The second-order valence-corrected chi connectivity index (χ2v) is 10.3. The van der Waals surface area contributed by atoms with Crippen molar-refractivity contribution in [2.45, 2.75) is 77.7 Å². The molecule has 0 spiro atoms. The maximum absolute atomic E-state index is 13.8. The molecule has 3 aliphatic rings. The Bertz CT molecular complexity index is 841. The van der Waals surface area contributed by atoms with Crippen molar-refractivity contribution in [3.8, 4) is 0 Å². The summed E-state index contributed by atoms with van der Waals surface area (Å²) < 4.78 is 45.1. The number of fused-ring (bicyclic) bond motifs is 1. The Morgan fingerprint density at radius 1 is 1.25 bits per heavy atom. The van der Waals surface area contributed by atoms with E-state index in [2.05, 4.69) is 26.1 Å². The Balaban J connectivity index is 1.48. The summed E-state index contributed by atoms with van der Waals surface area (Å²) in [4.78, 5) is 15.6. The smallest absolute Gasteiger partial charge is 0.381 e. The number of hydrogen-bond donors (Lipinski definition) is 1. The van der Waals surface area contributed by atoms with Crippen molar-refractivity contribution in [3.05, 3.63) is 34.9 Å². The lowest BCUT2D eigenvalue weighted by Gasteiger charge is -2.40. The molecule has 1 aliphatic carbocycles. The average molecular weight is 453 g/mol. The van der Waals surface area contributed by atoms with Gasteiger partial charge in [0.05, 0.1) is 17.6 Å². The Morgan fingerprint density at radius 2 is 2.03 bits per heavy atom. The van der Waals surface area contributed by atoms with Crippen molar-refractivity contribution >= 4 is 5.91 Å². The minimum Gasteiger partial charge on any atom is -0.381 e. The first-order chi connectivity index (χ1) is 15.1. The van der Waals surface area contributed by atoms with Gasteiger partial charge in [0.15, 0.2) is 0 Å². The Hall–Kier alpha value is -1.60. The number of amides is 1. The fraction of sp³-hybridized carbons (Fsp3) is 0.720. The molecule has 0 aromatic heterocycles. The molecule has 0 bridgehead atoms. The van der Waals surface area contributed by atoms with Gasteiger partial charge in [-0.2, -0.15) is 13.2 Å². The van der Waals surface area contributed by atoms with Gasteiger partial charge in [0.2, 0.25) is 5.91 Å². The van der Waals surface area contributed by atoms with E-state index in [1.807, 2.05) is 4.90 Å². The summed E-state index contributed by atoms with van der Waals surface area (Å²) in [7, 11) is 0. The van der Waals surface area contributed by atoms with Gasteiger partial charge in [0.25, 0.3) is 0 Å². The summed E-state index contributed by atoms with van der Waals surface area (Å²) in [6, 6.07) is 4.65. The van der Waals surface area contributed by atoms with Gasteiger partial charge in [0, 0.05) is 31.8 Å². The van der Waals surface area contributed by atoms with Gasteiger partial charge in [0.1, 0.15) is 0 Å². The second kappa shape index (κ2) is 8.98. The maximum atomic E-state index is 13.8. The van der Waals surface area contributed by atoms with Crippen LogP contribution >= 0.6 is 0 Å². The highest BCUT2D eigenvalue weighted by Crippen LogP contribution is 2.47. The van der Waals surface area contributed by atoms with Crippen molar-refractivity contribution in [1.82, 2.24) is 10.2 Å². The van der Waals surface area contributed by atoms with Gasteiger partial charge in [-0.3, -0.25) is 4.79 Å². The molecule has 1 saturated carbocycles. The number of alkyl halides is 3. The predicted molar refractivity (Wildman–Crippen MR) is 117 cm³/mol. The molecule has 7 heteroatoms. The molecule has 178 valence electrons. The van der Waals surface area contributed by atoms with Crippen LogP contribution in [0.3, 0.4) is 0 Å². The molecule has 2 aliphatic heterocycles. The fourth-order valence-electron chi connectivity index (χ4n) is 5.84. The van der Waals surface area contributed by atoms with Gasteiger partial charge >= 0.3 is 6.18 Å². The van der Waals surface area contributed by atoms with E-state index < -0.39 is 17.2 Å². The number of nitrogens with one attached hydrogen (secondary N) is 1. The molecule has 1 aromatic carbocycles. The molecule has 4 atom stereocenters. The Labute approximate surface area is 188 Å². The zero-order chi connectivity index (χ0) is 23.1. The summed E-state index contributed by atoms with van der Waals surface area (Å²) in [6.45, 7) is 8.80. The van der Waals surface area contributed by atoms with Crippen molar-refractivity contribution in [2.24, 2.45) is 17.3 Å². The normalized spacial score (nSPS) is 31.1. The van der Waals surface area contributed by atoms with Crippen LogP contribution in [-0.2, 0) is 28.7 Å². The van der Waals surface area contributed by atoms with Crippen LogP contribution in [0.2, 0.25) is 0 Å². The minimum absolute atomic E-state index is 0.111. The van der Waals surface area contributed by atoms with Gasteiger partial charge in [-0.25, -0.2) is 0 Å². The molecule has 2 unspecified atom stereocenters. The van der Waals surface area contributed by atoms with E-state index in [1.165, 1.54) is 6.07 Å². The van der Waals surface area contributed by atoms with Crippen LogP contribution in [0.1, 0.15) is 63.1 Å². The molecule has 1 saturated heterocycles. The number of nitrogens with zero attached hydrogens (tertiary/aromatic N) is 1. The van der Waals surface area contributed by atoms with Gasteiger partial charge in [-0.15, -0.1) is 0 Å². The molecule has 4 nitrogen and oxygen atoms in total. The number of benzene rings is 1. The fourth-order valence-corrected chi connectivity index (χ4v) is 5.84. The monoisotopic (exact) mass is 452 g/mol. The zero-order valence-corrected chi connectivity index (χ0v) is 19.3. The van der Waals surface area contributed by atoms with Gasteiger partial charge in [-0.05, 0) is 67.2 Å². The first-order valence-electron chi connectivity index (χ1n) is 11.9. The lowest BCUT2D eigenvalue weighted by atomic mass is 9.73. The Morgan fingerprint density at radius 3 is 2.72 bits per heavy atom. The van der Waals surface area contributed by atoms with Crippen LogP contribution in [0, 0.1) is 17.3 Å². The lowest BCUT2D eigenvalue weighted by molar-refractivity contribution is -0.145. The molecule has 4 rings (SSSR count). The second-order valence-electron chi connectivity index (χ2n) is 10.3. The Kier molecular flexibility index (Phi) is 6.61. The minimum atomic E-state index is -4.37. The van der Waals surface area contributed by atoms with E-state index >= 15 is 0 Å². The number of rotatable bonds is 4. The van der Waals surface area contributed by atoms with E-state index in [4.69, 9.17) is 4.74 Å². The van der Waals surface area contributed by atoms with E-state index in [1.54, 1.807) is 6.07 Å². The molecular weight excluding hydrogens is 417 g/mol. The topological polar surface area (TPSA) is 41.6 Å². The summed E-state index contributed by atoms with van der Waals surface area (Å²) in [5.74, 6) is 0.742. The number of halogens is 3. The number of carbonyl (C=O) groups excluding carboxylic acids is 1. The van der Waals surface area contributed by atoms with Crippen LogP contribution < -0.4 is 5.32 Å². The van der Waals surface area contributed by atoms with Gasteiger partial charge < -0.3 is 15.0 Å². The molecule has 2 heterocycles. The average Bonchev–Trinajstić information content (AvgIpc) is 3.19. The third kappa shape index (κ3) is 4.56. The highest BCUT2D eigenvalue weighted by molar-refractivity contribution is 5.84. The maximum Gasteiger partial charge on any atom is 0.416 e. The largest absolute Gasteiger partial charge is 0.416 e. The molecule has 1 N–H and O–H groups in total. The van der Waals surface area contributed by atoms with Crippen LogP contribution in [0.4, 0.5) is 13.2 Å². The highest BCUT2D eigenvalue weighted by Gasteiger charge is 2.50. The summed E-state index contributed by atoms with van der Waals surface area (Å²) in [5.41, 5.74) is 0.451. The number of hydrogen-bond acceptors (Lipinski definition) is 3. The molecule has 1 aromatic rings. The van der Waals surface area contributed by atoms with Crippen molar-refractivity contribution in [2.75, 3.05) is 19.8 Å². The zero-order valence-electron chi connectivity index (χ0n) is 19.3. The predicted octanol–water partition coefficient (Wildman–Crippen LogP) is 4.80. The SMILES string of the molecule is CC1COCCC1N[C@@H]1CC[C@@](C(=O)N2CCc3ccc(C(F)(F)F)cc3C2)(C(C)C)C1. The van der Waals surface area contributed by atoms with Crippen LogP contribution in [0.5, 0.6) is 0 Å². The summed E-state index contributed by atoms with van der Waals surface area (Å²) in [6.07, 6.45) is -0.202. The summed E-state index contributed by atoms with van der Waals surface area (Å²) in [5, 5.41) is 3.80. The standard InChI is InChI=1S/C25H35F3N2O2/c1-16(2)24(9-6-21(13-24)29-22-8-11-32-15-17(22)3)23(31)30-10-7-18-4-5-20(25(26,27)28)12-19(18)14-30/h4-5,12,16-17,21-22,29H,6-11,13-15H2,1-3H3/t17?,21-,22?,24+/m1/s1. The third-order valence-corrected chi connectivity index (χ3v) is 8.00. The number of carbonyl (C=O) groups is 1. The molecule has 32 heavy (non-hydrogen) atoms. The van der Waals surface area contributed by atoms with Crippen LogP contribution in [0.15, 0.2) is 18.2 Å². The van der Waals surface area contributed by atoms with E-state index in [0.717, 1.165) is 50.5 Å². The molecule has 0 radical (unpaired) electrons. The quantitative estimate of drug-likeness (QED) is 0.714. The summed E-state index contributed by atoms with van der Waals surface area (Å²) >= 11 is 0. The van der Waals surface area contributed by atoms with Crippen LogP contribution in [0.25, 0.3) is 0 Å². The first kappa shape index (κ1) is 23.6. The molecular formula is C25H35F3N2O2. The first-order valence-corrected chi connectivity index (χ1v) is 11.9. The molecule has 1 amide bonds. The van der Waals surface area contributed by atoms with E-state index in [0.29, 0.717) is 36.5 Å². The van der Waals surface area contributed by atoms with Crippen molar-refractivity contribution in [1.29, 1.82) is 0 Å². The molecule has 2 fully saturated rings. The third-order valence-electron chi connectivity index (χ3n) is 8.00.